The molecular weight excluding hydrogens is 1280 g/mol. The molecule has 0 aromatic heterocycles. The van der Waals surface area contributed by atoms with Gasteiger partial charge in [-0.15, -0.1) is 0 Å². The Bertz CT molecular complexity index is 5730. The highest BCUT2D eigenvalue weighted by molar-refractivity contribution is 7.03. The molecule has 105 heavy (non-hydrogen) atoms. The lowest BCUT2D eigenvalue weighted by molar-refractivity contribution is 0.465. The number of para-hydroxylation sites is 2. The van der Waals surface area contributed by atoms with Crippen LogP contribution in [0, 0.1) is 83.1 Å². The first-order chi connectivity index (χ1) is 51.0. The van der Waals surface area contributed by atoms with Crippen LogP contribution in [0.25, 0.3) is 55.6 Å². The molecule has 0 radical (unpaired) electrons. The molecule has 6 aliphatic rings. The van der Waals surface area contributed by atoms with Crippen LogP contribution < -0.4 is 77.9 Å². The molecular formula is C96H75B3N2O4. The zero-order valence-corrected chi connectivity index (χ0v) is 61.3. The molecule has 0 fully saturated rings. The molecule has 0 N–H and O–H groups in total. The number of fused-ring (bicyclic) bond motifs is 12. The van der Waals surface area contributed by atoms with Crippen LogP contribution in [0.4, 0.5) is 34.1 Å². The van der Waals surface area contributed by atoms with Crippen molar-refractivity contribution >= 4 is 103 Å². The van der Waals surface area contributed by atoms with Crippen molar-refractivity contribution in [3.05, 3.63) is 303 Å². The van der Waals surface area contributed by atoms with Gasteiger partial charge in [0.2, 0.25) is 0 Å². The molecule has 0 unspecified atom stereocenters. The van der Waals surface area contributed by atoms with Crippen LogP contribution in [0.2, 0.25) is 0 Å². The Morgan fingerprint density at radius 3 is 0.914 bits per heavy atom. The molecule has 14 aromatic rings. The Morgan fingerprint density at radius 2 is 0.552 bits per heavy atom. The van der Waals surface area contributed by atoms with Gasteiger partial charge >= 0.3 is 0 Å². The lowest BCUT2D eigenvalue weighted by Crippen LogP contribution is -2.65. The maximum absolute atomic E-state index is 7.76. The predicted molar refractivity (Wildman–Crippen MR) is 440 cm³/mol. The van der Waals surface area contributed by atoms with Crippen LogP contribution in [0.3, 0.4) is 0 Å². The predicted octanol–water partition coefficient (Wildman–Crippen LogP) is 19.3. The normalized spacial score (nSPS) is 13.4. The minimum Gasteiger partial charge on any atom is -0.458 e. The van der Waals surface area contributed by atoms with E-state index >= 15 is 0 Å². The van der Waals surface area contributed by atoms with Gasteiger partial charge in [0.1, 0.15) is 46.0 Å². The third kappa shape index (κ3) is 9.39. The number of nitrogens with zero attached hydrogens (tertiary/aromatic N) is 2. The molecule has 0 saturated heterocycles. The first-order valence-corrected chi connectivity index (χ1v) is 36.9. The molecule has 0 bridgehead atoms. The highest BCUT2D eigenvalue weighted by atomic mass is 16.5. The van der Waals surface area contributed by atoms with Gasteiger partial charge in [-0.1, -0.05) is 199 Å². The maximum Gasteiger partial charge on any atom is 0.260 e. The molecule has 0 amide bonds. The van der Waals surface area contributed by atoms with Gasteiger partial charge in [0.25, 0.3) is 20.1 Å². The zero-order valence-electron chi connectivity index (χ0n) is 61.3. The smallest absolute Gasteiger partial charge is 0.260 e. The van der Waals surface area contributed by atoms with Crippen molar-refractivity contribution in [2.24, 2.45) is 0 Å². The quantitative estimate of drug-likeness (QED) is 0.148. The van der Waals surface area contributed by atoms with Gasteiger partial charge in [-0.2, -0.15) is 0 Å². The van der Waals surface area contributed by atoms with E-state index < -0.39 is 0 Å². The van der Waals surface area contributed by atoms with Crippen LogP contribution in [0.15, 0.2) is 237 Å². The molecule has 502 valence electrons. The molecule has 6 aliphatic heterocycles. The van der Waals surface area contributed by atoms with Gasteiger partial charge < -0.3 is 28.7 Å². The summed E-state index contributed by atoms with van der Waals surface area (Å²) >= 11 is 0. The van der Waals surface area contributed by atoms with Crippen molar-refractivity contribution in [2.75, 3.05) is 9.80 Å². The van der Waals surface area contributed by atoms with Crippen LogP contribution in [0.5, 0.6) is 46.0 Å². The second-order valence-corrected chi connectivity index (χ2v) is 30.5. The summed E-state index contributed by atoms with van der Waals surface area (Å²) in [6.07, 6.45) is 0. The van der Waals surface area contributed by atoms with E-state index in [2.05, 4.69) is 329 Å². The van der Waals surface area contributed by atoms with Gasteiger partial charge in [-0.05, 0) is 258 Å². The van der Waals surface area contributed by atoms with E-state index in [1.165, 1.54) is 99.8 Å². The van der Waals surface area contributed by atoms with Crippen molar-refractivity contribution < 1.29 is 18.9 Å². The summed E-state index contributed by atoms with van der Waals surface area (Å²) in [6.45, 7) is 26.1. The van der Waals surface area contributed by atoms with E-state index in [-0.39, 0.29) is 20.1 Å². The molecule has 20 rings (SSSR count). The molecule has 6 heterocycles. The summed E-state index contributed by atoms with van der Waals surface area (Å²) in [7, 11) is 0. The number of rotatable bonds is 7. The van der Waals surface area contributed by atoms with Crippen molar-refractivity contribution in [1.29, 1.82) is 0 Å². The highest BCUT2D eigenvalue weighted by Gasteiger charge is 2.51. The van der Waals surface area contributed by atoms with Gasteiger partial charge in [0, 0.05) is 56.9 Å². The van der Waals surface area contributed by atoms with Gasteiger partial charge in [0.05, 0.1) is 11.4 Å². The Balaban J connectivity index is 0.918. The maximum atomic E-state index is 7.76. The Hall–Kier alpha value is -11.9. The highest BCUT2D eigenvalue weighted by Crippen LogP contribution is 2.53. The Kier molecular flexibility index (Phi) is 13.9. The Morgan fingerprint density at radius 1 is 0.229 bits per heavy atom. The van der Waals surface area contributed by atoms with E-state index in [0.717, 1.165) is 152 Å². The number of hydrogen-bond acceptors (Lipinski definition) is 6. The fourth-order valence-electron chi connectivity index (χ4n) is 19.5. The van der Waals surface area contributed by atoms with E-state index in [0.29, 0.717) is 0 Å². The van der Waals surface area contributed by atoms with Gasteiger partial charge in [0.15, 0.2) is 0 Å². The monoisotopic (exact) mass is 1350 g/mol. The lowest BCUT2D eigenvalue weighted by Gasteiger charge is -2.47. The number of hydrogen-bond donors (Lipinski definition) is 0. The second-order valence-electron chi connectivity index (χ2n) is 30.5. The summed E-state index contributed by atoms with van der Waals surface area (Å²) < 4.78 is 30.5. The number of benzene rings is 14. The largest absolute Gasteiger partial charge is 0.458 e. The second kappa shape index (κ2) is 23.3. The molecule has 9 heteroatoms. The summed E-state index contributed by atoms with van der Waals surface area (Å²) in [6, 6.07) is 88.3. The van der Waals surface area contributed by atoms with Crippen LogP contribution in [0.1, 0.15) is 66.8 Å². The fourth-order valence-corrected chi connectivity index (χ4v) is 19.5. The van der Waals surface area contributed by atoms with Gasteiger partial charge in [-0.25, -0.2) is 0 Å². The average molecular weight is 1350 g/mol. The SMILES string of the molecule is Cc1cc(C)c(N2c3cc4c(cc3B3c5cc6c(cc5N(c5c(C)cc(C)cc5C)c5cc(-c7c(C)cccc7C)cc2c53)Oc2cc(-c3c(C)cccc3C)cc3c2B6c2cccc(-c5ccccc5)c2O3)B2c3cccc(-c5ccccc5)c3Oc3cc(-c5c(C)cccc5C)cc(c32)O4)c(C)c1. The van der Waals surface area contributed by atoms with E-state index in [1.54, 1.807) is 0 Å². The third-order valence-electron chi connectivity index (χ3n) is 23.5. The molecule has 0 atom stereocenters. The summed E-state index contributed by atoms with van der Waals surface area (Å²) in [4.78, 5) is 5.26. The first-order valence-electron chi connectivity index (χ1n) is 36.9. The molecule has 6 nitrogen and oxygen atoms in total. The molecule has 14 aromatic carbocycles. The molecule has 0 spiro atoms. The molecule has 0 aliphatic carbocycles. The standard InChI is InChI=1S/C96H75B3N2O4/c1-52-38-60(9)93(61(10)39-52)100-77-50-81-75(97-71-36-22-34-69(64-30-15-13-16-31-64)95(71)104-85-46-67(44-83(102-81)91(85)97)88-56(5)26-20-27-57(88)6)48-73(77)99-74-49-76-82(51-78(74)101(94-62(11)40-53(2)41-63(94)12)80-43-66(42-79(100)90(80)99)87-54(3)24-19-25-55(87)4)103-84-45-68(89-58(7)28-21-29-59(89)8)47-86-92(84)98(76)72-37-23-35-70(96(72)105-86)65-32-17-14-18-33-65/h13-51H,1-12H3. The van der Waals surface area contributed by atoms with Crippen LogP contribution in [-0.2, 0) is 0 Å². The van der Waals surface area contributed by atoms with Gasteiger partial charge in [-0.3, -0.25) is 0 Å². The first kappa shape index (κ1) is 62.8. The third-order valence-corrected chi connectivity index (χ3v) is 23.5. The number of anilines is 6. The summed E-state index contributed by atoms with van der Waals surface area (Å²) in [5.41, 5.74) is 42.3. The summed E-state index contributed by atoms with van der Waals surface area (Å²) in [5.74, 6) is 6.55. The topological polar surface area (TPSA) is 43.4 Å². The minimum atomic E-state index is -0.336. The van der Waals surface area contributed by atoms with E-state index in [1.807, 2.05) is 0 Å². The van der Waals surface area contributed by atoms with E-state index in [9.17, 15) is 0 Å². The molecule has 0 saturated carbocycles. The Labute approximate surface area is 616 Å². The van der Waals surface area contributed by atoms with Crippen molar-refractivity contribution in [2.45, 2.75) is 83.1 Å². The number of aryl methyl sites for hydroxylation is 12. The van der Waals surface area contributed by atoms with Crippen molar-refractivity contribution in [3.63, 3.8) is 0 Å². The summed E-state index contributed by atoms with van der Waals surface area (Å²) in [5, 5.41) is 0. The average Bonchev–Trinajstić information content (AvgIpc) is 0.683. The lowest BCUT2D eigenvalue weighted by atomic mass is 9.29. The fraction of sp³-hybridized carbons (Fsp3) is 0.125. The zero-order chi connectivity index (χ0) is 71.3. The van der Waals surface area contributed by atoms with Crippen molar-refractivity contribution in [1.82, 2.24) is 0 Å². The van der Waals surface area contributed by atoms with Crippen LogP contribution >= 0.6 is 0 Å². The number of ether oxygens (including phenoxy) is 4. The minimum absolute atomic E-state index is 0.276. The van der Waals surface area contributed by atoms with E-state index in [4.69, 9.17) is 18.9 Å². The van der Waals surface area contributed by atoms with Crippen molar-refractivity contribution in [3.8, 4) is 102 Å². The van der Waals surface area contributed by atoms with Crippen LogP contribution in [-0.4, -0.2) is 20.1 Å².